The fourth-order valence-corrected chi connectivity index (χ4v) is 9.75. The average molecular weight is 1040 g/mol. The maximum absolute atomic E-state index is 12.7. The summed E-state index contributed by atoms with van der Waals surface area (Å²) in [5.41, 5.74) is 10.9. The Balaban J connectivity index is 0.000000261. The monoisotopic (exact) mass is 1030 g/mol. The van der Waals surface area contributed by atoms with E-state index in [-0.39, 0.29) is 16.7 Å². The number of nitrogens with zero attached hydrogens (tertiary/aromatic N) is 7. The lowest BCUT2D eigenvalue weighted by Gasteiger charge is -2.17. The van der Waals surface area contributed by atoms with E-state index in [1.165, 1.54) is 25.6 Å². The van der Waals surface area contributed by atoms with E-state index >= 15 is 0 Å². The summed E-state index contributed by atoms with van der Waals surface area (Å²) in [4.78, 5) is 33.0. The van der Waals surface area contributed by atoms with Crippen molar-refractivity contribution in [3.63, 3.8) is 0 Å². The van der Waals surface area contributed by atoms with Crippen LogP contribution in [-0.2, 0) is 22.0 Å². The average Bonchev–Trinajstić information content (AvgIpc) is 3.29. The van der Waals surface area contributed by atoms with Gasteiger partial charge in [0.1, 0.15) is 35.8 Å². The minimum atomic E-state index is -2.57. The molecule has 6 N–H and O–H groups in total. The van der Waals surface area contributed by atoms with Crippen LogP contribution in [0.3, 0.4) is 0 Å². The van der Waals surface area contributed by atoms with Crippen LogP contribution in [-0.4, -0.2) is 117 Å². The molecule has 0 amide bonds. The summed E-state index contributed by atoms with van der Waals surface area (Å²) < 4.78 is 36.5. The number of aromatic nitrogens is 4. The molecule has 374 valence electrons. The van der Waals surface area contributed by atoms with E-state index in [2.05, 4.69) is 46.1 Å². The third-order valence-corrected chi connectivity index (χ3v) is 14.3. The van der Waals surface area contributed by atoms with Crippen LogP contribution in [0.4, 0.5) is 57.7 Å². The number of nitrogens with one attached hydrogen (secondary N) is 4. The molecule has 6 rings (SSSR count). The summed E-state index contributed by atoms with van der Waals surface area (Å²) in [5.74, 6) is 2.24. The van der Waals surface area contributed by atoms with Gasteiger partial charge in [0.2, 0.25) is 11.9 Å². The van der Waals surface area contributed by atoms with Crippen molar-refractivity contribution >= 4 is 106 Å². The number of rotatable bonds is 21. The van der Waals surface area contributed by atoms with E-state index in [1.807, 2.05) is 81.6 Å². The van der Waals surface area contributed by atoms with Gasteiger partial charge in [0.25, 0.3) is 5.69 Å². The first kappa shape index (κ1) is 54.9. The number of nitrogens with two attached hydrogens (primary N) is 1. The van der Waals surface area contributed by atoms with Crippen LogP contribution in [0.2, 0.25) is 10.0 Å². The second kappa shape index (κ2) is 24.7. The lowest BCUT2D eigenvalue weighted by molar-refractivity contribution is -0.385. The molecule has 0 aliphatic carbocycles. The number of methoxy groups -OCH3 is 2. The molecule has 2 aromatic heterocycles. The minimum Gasteiger partial charge on any atom is -0.495 e. The standard InChI is InChI=1S/C24H30ClN6O4P.C24H32ClN6O2P/c1-30(2)12-8-9-16-13-21(35-3)19(14-20(16)31(32)33)28-24-26-15-17(25)23(29-24)27-18-10-6-7-11-22(18)36(4,5)34;1-31(2)12-8-9-16-13-21(33-3)20(14-18(16)26)29-24-27-15-17(25)23(30-24)28-19-10-6-7-11-22(19)34(4,5)32/h6-7,10-11,13-15H,8-9,12H2,1-5H3,(H2,26,27,28,29);6-7,10-11,13-15H,8-9,12,26H2,1-5H3,(H2,27,28,29,30). The molecular weight excluding hydrogens is 973 g/mol. The van der Waals surface area contributed by atoms with Gasteiger partial charge in [-0.1, -0.05) is 47.5 Å². The summed E-state index contributed by atoms with van der Waals surface area (Å²) in [5, 5.41) is 26.3. The van der Waals surface area contributed by atoms with Crippen molar-refractivity contribution in [1.82, 2.24) is 29.7 Å². The molecule has 0 unspecified atom stereocenters. The molecule has 0 saturated carbocycles. The van der Waals surface area contributed by atoms with Crippen molar-refractivity contribution in [2.75, 3.05) is 109 Å². The van der Waals surface area contributed by atoms with Gasteiger partial charge in [-0.3, -0.25) is 10.1 Å². The Morgan fingerprint density at radius 1 is 0.643 bits per heavy atom. The largest absolute Gasteiger partial charge is 0.495 e. The Hall–Kier alpha value is -6.00. The first-order chi connectivity index (χ1) is 33.1. The Labute approximate surface area is 420 Å². The van der Waals surface area contributed by atoms with E-state index in [0.717, 1.165) is 43.2 Å². The highest BCUT2D eigenvalue weighted by Crippen LogP contribution is 2.41. The molecule has 70 heavy (non-hydrogen) atoms. The van der Waals surface area contributed by atoms with Crippen molar-refractivity contribution in [3.05, 3.63) is 116 Å². The lowest BCUT2D eigenvalue weighted by atomic mass is 10.1. The molecule has 2 heterocycles. The molecule has 0 aliphatic rings. The number of aryl methyl sites for hydroxylation is 2. The van der Waals surface area contributed by atoms with Gasteiger partial charge in [0, 0.05) is 27.9 Å². The van der Waals surface area contributed by atoms with Crippen LogP contribution in [0.5, 0.6) is 11.5 Å². The predicted octanol–water partition coefficient (Wildman–Crippen LogP) is 10.2. The van der Waals surface area contributed by atoms with Crippen molar-refractivity contribution in [3.8, 4) is 11.5 Å². The fraction of sp³-hybridized carbons (Fsp3) is 0.333. The zero-order valence-electron chi connectivity index (χ0n) is 41.1. The van der Waals surface area contributed by atoms with Crippen molar-refractivity contribution in [2.45, 2.75) is 25.7 Å². The van der Waals surface area contributed by atoms with Crippen LogP contribution >= 0.6 is 37.5 Å². The second-order valence-corrected chi connectivity index (χ2v) is 24.7. The molecule has 0 aliphatic heterocycles. The zero-order valence-corrected chi connectivity index (χ0v) is 44.4. The summed E-state index contributed by atoms with van der Waals surface area (Å²) in [6.07, 6.45) is 6.06. The van der Waals surface area contributed by atoms with Gasteiger partial charge in [0.05, 0.1) is 54.3 Å². The van der Waals surface area contributed by atoms with E-state index in [9.17, 15) is 19.2 Å². The number of para-hydroxylation sites is 2. The fourth-order valence-electron chi connectivity index (χ4n) is 7.16. The summed E-state index contributed by atoms with van der Waals surface area (Å²) >= 11 is 12.7. The first-order valence-corrected chi connectivity index (χ1v) is 28.1. The topological polar surface area (TPSA) is 228 Å². The minimum absolute atomic E-state index is 0.0139. The van der Waals surface area contributed by atoms with Gasteiger partial charge in [-0.2, -0.15) is 9.97 Å². The highest BCUT2D eigenvalue weighted by atomic mass is 35.5. The van der Waals surface area contributed by atoms with Crippen LogP contribution < -0.4 is 47.1 Å². The Bertz CT molecular complexity index is 2880. The molecular formula is C48H62Cl2N12O6P2. The number of ether oxygens (including phenoxy) is 2. The van der Waals surface area contributed by atoms with Gasteiger partial charge in [-0.15, -0.1) is 0 Å². The summed E-state index contributed by atoms with van der Waals surface area (Å²) in [7, 11) is 6.05. The highest BCUT2D eigenvalue weighted by molar-refractivity contribution is 7.70. The quantitative estimate of drug-likeness (QED) is 0.0195. The Kier molecular flexibility index (Phi) is 19.4. The normalized spacial score (nSPS) is 11.5. The third-order valence-electron chi connectivity index (χ3n) is 10.6. The predicted molar refractivity (Wildman–Crippen MR) is 289 cm³/mol. The molecule has 6 aromatic rings. The van der Waals surface area contributed by atoms with Gasteiger partial charge in [-0.25, -0.2) is 9.97 Å². The smallest absolute Gasteiger partial charge is 0.274 e. The van der Waals surface area contributed by atoms with E-state index in [4.69, 9.17) is 38.4 Å². The Morgan fingerprint density at radius 2 is 1.06 bits per heavy atom. The summed E-state index contributed by atoms with van der Waals surface area (Å²) in [6, 6.07) is 21.5. The third kappa shape index (κ3) is 15.5. The highest BCUT2D eigenvalue weighted by Gasteiger charge is 2.22. The molecule has 4 aromatic carbocycles. The number of hydrogen-bond acceptors (Lipinski definition) is 17. The van der Waals surface area contributed by atoms with Crippen LogP contribution in [0, 0.1) is 10.1 Å². The second-order valence-electron chi connectivity index (χ2n) is 17.5. The number of nitro benzene ring substituents is 1. The van der Waals surface area contributed by atoms with E-state index in [0.29, 0.717) is 79.8 Å². The number of hydrogen-bond donors (Lipinski definition) is 5. The molecule has 0 radical (unpaired) electrons. The van der Waals surface area contributed by atoms with Crippen LogP contribution in [0.1, 0.15) is 24.0 Å². The van der Waals surface area contributed by atoms with Crippen LogP contribution in [0.15, 0.2) is 85.2 Å². The van der Waals surface area contributed by atoms with Gasteiger partial charge in [0.15, 0.2) is 11.6 Å². The van der Waals surface area contributed by atoms with Crippen molar-refractivity contribution in [2.24, 2.45) is 0 Å². The van der Waals surface area contributed by atoms with Crippen molar-refractivity contribution < 1.29 is 23.5 Å². The molecule has 0 spiro atoms. The molecule has 0 fully saturated rings. The van der Waals surface area contributed by atoms with Gasteiger partial charge < -0.3 is 55.4 Å². The molecule has 0 bridgehead atoms. The maximum Gasteiger partial charge on any atom is 0.274 e. The molecule has 0 atom stereocenters. The maximum atomic E-state index is 12.7. The number of benzene rings is 4. The van der Waals surface area contributed by atoms with Crippen molar-refractivity contribution in [1.29, 1.82) is 0 Å². The van der Waals surface area contributed by atoms with E-state index < -0.39 is 19.2 Å². The van der Waals surface area contributed by atoms with Gasteiger partial charge >= 0.3 is 0 Å². The number of nitro groups is 1. The Morgan fingerprint density at radius 3 is 1.47 bits per heavy atom. The van der Waals surface area contributed by atoms with E-state index in [1.54, 1.807) is 52.0 Å². The lowest BCUT2D eigenvalue weighted by Crippen LogP contribution is -2.14. The van der Waals surface area contributed by atoms with Gasteiger partial charge in [-0.05, 0) is 142 Å². The number of halogens is 2. The molecule has 22 heteroatoms. The SMILES string of the molecule is COc1cc(CCCN(C)C)c(N)cc1Nc1ncc(Cl)c(Nc2ccccc2P(C)(C)=O)n1.COc1cc(CCCN(C)C)c([N+](=O)[O-])cc1Nc1ncc(Cl)c(Nc2ccccc2P(C)(C)=O)n1. The number of anilines is 9. The van der Waals surface area contributed by atoms with Crippen LogP contribution in [0.25, 0.3) is 0 Å². The first-order valence-electron chi connectivity index (χ1n) is 22.1. The summed E-state index contributed by atoms with van der Waals surface area (Å²) in [6.45, 7) is 8.61. The number of nitrogen functional groups attached to an aromatic ring is 1. The molecule has 0 saturated heterocycles. The zero-order chi connectivity index (χ0) is 51.3. The molecule has 18 nitrogen and oxygen atoms in total.